The number of hydrogen-bond donors (Lipinski definition) is 0. The Morgan fingerprint density at radius 1 is 1.05 bits per heavy atom. The van der Waals surface area contributed by atoms with E-state index in [1.165, 1.54) is 12.0 Å². The van der Waals surface area contributed by atoms with Gasteiger partial charge in [-0.05, 0) is 48.6 Å². The van der Waals surface area contributed by atoms with Gasteiger partial charge in [0.25, 0.3) is 5.91 Å². The van der Waals surface area contributed by atoms with Gasteiger partial charge in [0.15, 0.2) is 0 Å². The van der Waals surface area contributed by atoms with E-state index >= 15 is 0 Å². The molecule has 1 aromatic rings. The summed E-state index contributed by atoms with van der Waals surface area (Å²) in [7, 11) is 3.18. The molecule has 3 aliphatic carbocycles. The molecule has 2 unspecified atom stereocenters. The number of fused-ring (bicyclic) bond motifs is 1. The van der Waals surface area contributed by atoms with Crippen LogP contribution in [0.4, 0.5) is 0 Å². The molecule has 5 rings (SSSR count). The number of carbonyl (C=O) groups excluding carboxylic acids is 2. The highest BCUT2D eigenvalue weighted by molar-refractivity contribution is 5.95. The normalized spacial score (nSPS) is 22.6. The van der Waals surface area contributed by atoms with Gasteiger partial charge >= 0.3 is 0 Å². The second-order valence-corrected chi connectivity index (χ2v) is 11.5. The van der Waals surface area contributed by atoms with Gasteiger partial charge in [-0.2, -0.15) is 0 Å². The molecule has 204 valence electrons. The first-order chi connectivity index (χ1) is 17.8. The van der Waals surface area contributed by atoms with Crippen molar-refractivity contribution < 1.29 is 19.1 Å². The van der Waals surface area contributed by atoms with E-state index in [1.807, 2.05) is 4.90 Å². The van der Waals surface area contributed by atoms with Crippen molar-refractivity contribution in [1.82, 2.24) is 14.7 Å². The monoisotopic (exact) mass is 511 g/mol. The van der Waals surface area contributed by atoms with Crippen LogP contribution in [0.3, 0.4) is 0 Å². The first-order valence-corrected chi connectivity index (χ1v) is 14.0. The van der Waals surface area contributed by atoms with Crippen molar-refractivity contribution in [3.05, 3.63) is 35.4 Å². The number of rotatable bonds is 11. The van der Waals surface area contributed by atoms with E-state index in [4.69, 9.17) is 9.47 Å². The predicted octanol–water partition coefficient (Wildman–Crippen LogP) is 4.47. The highest BCUT2D eigenvalue weighted by atomic mass is 16.5. The molecule has 4 aliphatic rings. The van der Waals surface area contributed by atoms with Gasteiger partial charge in [-0.25, -0.2) is 0 Å². The molecular weight excluding hydrogens is 466 g/mol. The number of piperazine rings is 1. The van der Waals surface area contributed by atoms with Gasteiger partial charge in [-0.1, -0.05) is 38.8 Å². The molecule has 7 heteroatoms. The second-order valence-electron chi connectivity index (χ2n) is 11.5. The zero-order valence-corrected chi connectivity index (χ0v) is 23.4. The standard InChI is InChI=1S/C30H45N3O4/c1-6-7-8-28(34)33(21-22-9-10-24-19-27(22)30(24,2)3)16-13-31-11-14-32(15-12-31)29(35)23-17-25(36-4)20-26(18-23)37-5/h9,17-18,20,24,27H,6-8,10-16,19,21H2,1-5H3. The van der Waals surface area contributed by atoms with Gasteiger partial charge in [0.05, 0.1) is 14.2 Å². The van der Waals surface area contributed by atoms with Crippen molar-refractivity contribution in [1.29, 1.82) is 0 Å². The number of methoxy groups -OCH3 is 2. The molecule has 2 fully saturated rings. The molecule has 0 N–H and O–H groups in total. The van der Waals surface area contributed by atoms with E-state index in [2.05, 4.69) is 36.6 Å². The summed E-state index contributed by atoms with van der Waals surface area (Å²) in [5, 5.41) is 0. The SMILES string of the molecule is CCCCC(=O)N(CCN1CCN(C(=O)c2cc(OC)cc(OC)c2)CC1)CC1=CCC2CC1C2(C)C. The molecular formula is C30H45N3O4. The van der Waals surface area contributed by atoms with Crippen LogP contribution in [0.5, 0.6) is 11.5 Å². The Kier molecular flexibility index (Phi) is 8.83. The number of allylic oxidation sites excluding steroid dienone is 1. The molecule has 0 aromatic heterocycles. The number of ether oxygens (including phenoxy) is 2. The first-order valence-electron chi connectivity index (χ1n) is 14.0. The molecule has 37 heavy (non-hydrogen) atoms. The molecule has 7 nitrogen and oxygen atoms in total. The fourth-order valence-electron chi connectivity index (χ4n) is 6.20. The summed E-state index contributed by atoms with van der Waals surface area (Å²) in [6.45, 7) is 12.3. The summed E-state index contributed by atoms with van der Waals surface area (Å²) in [5.74, 6) is 2.94. The van der Waals surface area contributed by atoms with Crippen LogP contribution in [0.2, 0.25) is 0 Å². The lowest BCUT2D eigenvalue weighted by Gasteiger charge is -2.57. The molecule has 2 atom stereocenters. The van der Waals surface area contributed by atoms with Crippen molar-refractivity contribution in [3.8, 4) is 11.5 Å². The minimum absolute atomic E-state index is 0.00104. The molecule has 0 radical (unpaired) electrons. The Morgan fingerprint density at radius 3 is 2.30 bits per heavy atom. The van der Waals surface area contributed by atoms with Crippen LogP contribution in [0.1, 0.15) is 63.2 Å². The third kappa shape index (κ3) is 6.14. The minimum atomic E-state index is -0.00104. The lowest BCUT2D eigenvalue weighted by Crippen LogP contribution is -2.52. The van der Waals surface area contributed by atoms with Crippen molar-refractivity contribution >= 4 is 11.8 Å². The Bertz CT molecular complexity index is 974. The second kappa shape index (κ2) is 11.9. The maximum Gasteiger partial charge on any atom is 0.254 e. The Morgan fingerprint density at radius 2 is 1.73 bits per heavy atom. The smallest absolute Gasteiger partial charge is 0.254 e. The topological polar surface area (TPSA) is 62.3 Å². The van der Waals surface area contributed by atoms with Gasteiger partial charge in [0.2, 0.25) is 5.91 Å². The van der Waals surface area contributed by atoms with Crippen molar-refractivity contribution in [2.45, 2.75) is 52.9 Å². The van der Waals surface area contributed by atoms with Crippen LogP contribution >= 0.6 is 0 Å². The maximum atomic E-state index is 13.1. The van der Waals surface area contributed by atoms with Crippen LogP contribution < -0.4 is 9.47 Å². The van der Waals surface area contributed by atoms with E-state index in [0.29, 0.717) is 47.9 Å². The van der Waals surface area contributed by atoms with E-state index in [1.54, 1.807) is 32.4 Å². The fraction of sp³-hybridized carbons (Fsp3) is 0.667. The van der Waals surface area contributed by atoms with E-state index in [9.17, 15) is 9.59 Å². The van der Waals surface area contributed by atoms with E-state index in [-0.39, 0.29) is 11.8 Å². The third-order valence-electron chi connectivity index (χ3n) is 9.00. The summed E-state index contributed by atoms with van der Waals surface area (Å²) >= 11 is 0. The van der Waals surface area contributed by atoms with Gasteiger partial charge in [-0.15, -0.1) is 0 Å². The Labute approximate surface area is 222 Å². The number of hydrogen-bond acceptors (Lipinski definition) is 5. The number of carbonyl (C=O) groups is 2. The number of benzene rings is 1. The van der Waals surface area contributed by atoms with Crippen molar-refractivity contribution in [3.63, 3.8) is 0 Å². The molecule has 2 bridgehead atoms. The van der Waals surface area contributed by atoms with E-state index < -0.39 is 0 Å². The highest BCUT2D eigenvalue weighted by Crippen LogP contribution is 2.59. The minimum Gasteiger partial charge on any atom is -0.497 e. The summed E-state index contributed by atoms with van der Waals surface area (Å²) in [6, 6.07) is 5.31. The predicted molar refractivity (Wildman–Crippen MR) is 146 cm³/mol. The highest BCUT2D eigenvalue weighted by Gasteiger charge is 2.51. The van der Waals surface area contributed by atoms with Crippen LogP contribution in [0, 0.1) is 17.3 Å². The molecule has 2 amide bonds. The molecule has 1 aromatic carbocycles. The Hall–Kier alpha value is -2.54. The summed E-state index contributed by atoms with van der Waals surface area (Å²) < 4.78 is 10.7. The van der Waals surface area contributed by atoms with Gasteiger partial charge in [-0.3, -0.25) is 14.5 Å². The maximum absolute atomic E-state index is 13.1. The molecule has 1 heterocycles. The van der Waals surface area contributed by atoms with Crippen LogP contribution in [0.15, 0.2) is 29.8 Å². The van der Waals surface area contributed by atoms with Crippen molar-refractivity contribution in [2.75, 3.05) is 60.0 Å². The molecule has 1 saturated heterocycles. The van der Waals surface area contributed by atoms with Crippen LogP contribution in [0.25, 0.3) is 0 Å². The largest absolute Gasteiger partial charge is 0.497 e. The number of amides is 2. The Balaban J connectivity index is 1.32. The summed E-state index contributed by atoms with van der Waals surface area (Å²) in [4.78, 5) is 32.7. The van der Waals surface area contributed by atoms with Gasteiger partial charge in [0.1, 0.15) is 11.5 Å². The third-order valence-corrected chi connectivity index (χ3v) is 9.00. The number of nitrogens with zero attached hydrogens (tertiary/aromatic N) is 3. The van der Waals surface area contributed by atoms with Crippen LogP contribution in [-0.2, 0) is 4.79 Å². The molecule has 1 saturated carbocycles. The lowest BCUT2D eigenvalue weighted by atomic mass is 9.49. The van der Waals surface area contributed by atoms with Crippen LogP contribution in [-0.4, -0.2) is 86.5 Å². The average molecular weight is 512 g/mol. The quantitative estimate of drug-likeness (QED) is 0.410. The lowest BCUT2D eigenvalue weighted by molar-refractivity contribution is -0.131. The number of unbranched alkanes of at least 4 members (excludes halogenated alkanes) is 1. The van der Waals surface area contributed by atoms with Gasteiger partial charge in [0, 0.05) is 63.9 Å². The zero-order valence-electron chi connectivity index (χ0n) is 23.4. The fourth-order valence-corrected chi connectivity index (χ4v) is 6.20. The van der Waals surface area contributed by atoms with Crippen molar-refractivity contribution in [2.24, 2.45) is 17.3 Å². The average Bonchev–Trinajstić information content (AvgIpc) is 2.93. The zero-order chi connectivity index (χ0) is 26.6. The summed E-state index contributed by atoms with van der Waals surface area (Å²) in [5.41, 5.74) is 2.43. The summed E-state index contributed by atoms with van der Waals surface area (Å²) in [6.07, 6.45) is 7.47. The first kappa shape index (κ1) is 27.5. The van der Waals surface area contributed by atoms with Gasteiger partial charge < -0.3 is 19.3 Å². The molecule has 0 spiro atoms. The van der Waals surface area contributed by atoms with E-state index in [0.717, 1.165) is 57.9 Å². The molecule has 1 aliphatic heterocycles.